The van der Waals surface area contributed by atoms with Crippen molar-refractivity contribution in [3.63, 3.8) is 0 Å². The van der Waals surface area contributed by atoms with Gasteiger partial charge in [-0.25, -0.2) is 4.98 Å². The highest BCUT2D eigenvalue weighted by atomic mass is 32.2. The van der Waals surface area contributed by atoms with Gasteiger partial charge in [0.1, 0.15) is 5.03 Å². The van der Waals surface area contributed by atoms with E-state index in [0.29, 0.717) is 6.54 Å². The molecule has 0 aliphatic rings. The van der Waals surface area contributed by atoms with Gasteiger partial charge in [-0.05, 0) is 19.1 Å². The summed E-state index contributed by atoms with van der Waals surface area (Å²) in [5.74, 6) is 0. The maximum atomic E-state index is 5.61. The Labute approximate surface area is 99.1 Å². The molecule has 0 spiro atoms. The molecule has 0 saturated heterocycles. The van der Waals surface area contributed by atoms with Crippen LogP contribution in [0.1, 0.15) is 11.3 Å². The van der Waals surface area contributed by atoms with E-state index < -0.39 is 0 Å². The third kappa shape index (κ3) is 2.59. The second-order valence-corrected chi connectivity index (χ2v) is 4.49. The zero-order valence-electron chi connectivity index (χ0n) is 9.05. The van der Waals surface area contributed by atoms with E-state index in [4.69, 9.17) is 5.73 Å². The molecular formula is C12H13N3S. The van der Waals surface area contributed by atoms with Crippen molar-refractivity contribution in [1.29, 1.82) is 0 Å². The summed E-state index contributed by atoms with van der Waals surface area (Å²) in [5.41, 5.74) is 7.71. The summed E-state index contributed by atoms with van der Waals surface area (Å²) in [6, 6.07) is 8.32. The van der Waals surface area contributed by atoms with E-state index in [0.717, 1.165) is 15.6 Å². The Morgan fingerprint density at radius 1 is 1.12 bits per heavy atom. The van der Waals surface area contributed by atoms with E-state index in [1.807, 2.05) is 0 Å². The van der Waals surface area contributed by atoms with Crippen LogP contribution >= 0.6 is 11.8 Å². The number of rotatable bonds is 3. The van der Waals surface area contributed by atoms with Crippen molar-refractivity contribution in [2.75, 3.05) is 0 Å². The van der Waals surface area contributed by atoms with Crippen LogP contribution in [0.5, 0.6) is 0 Å². The Morgan fingerprint density at radius 2 is 1.81 bits per heavy atom. The third-order valence-corrected chi connectivity index (χ3v) is 3.21. The summed E-state index contributed by atoms with van der Waals surface area (Å²) in [6.45, 7) is 2.49. The van der Waals surface area contributed by atoms with E-state index in [1.165, 1.54) is 5.56 Å². The Hall–Kier alpha value is -1.39. The number of hydrogen-bond donors (Lipinski definition) is 1. The lowest BCUT2D eigenvalue weighted by Gasteiger charge is -2.04. The molecule has 0 atom stereocenters. The first kappa shape index (κ1) is 11.1. The second-order valence-electron chi connectivity index (χ2n) is 3.43. The average molecular weight is 231 g/mol. The Kier molecular flexibility index (Phi) is 3.54. The van der Waals surface area contributed by atoms with Crippen molar-refractivity contribution >= 4 is 11.8 Å². The first-order valence-corrected chi connectivity index (χ1v) is 5.85. The fourth-order valence-electron chi connectivity index (χ4n) is 1.30. The van der Waals surface area contributed by atoms with Crippen LogP contribution < -0.4 is 5.73 Å². The van der Waals surface area contributed by atoms with Gasteiger partial charge in [0, 0.05) is 23.8 Å². The van der Waals surface area contributed by atoms with E-state index in [9.17, 15) is 0 Å². The molecular weight excluding hydrogens is 218 g/mol. The molecule has 0 amide bonds. The number of benzene rings is 1. The highest BCUT2D eigenvalue weighted by molar-refractivity contribution is 7.99. The summed E-state index contributed by atoms with van der Waals surface area (Å²) in [4.78, 5) is 9.64. The molecule has 16 heavy (non-hydrogen) atoms. The molecule has 0 unspecified atom stereocenters. The van der Waals surface area contributed by atoms with Crippen LogP contribution in [0, 0.1) is 6.92 Å². The summed E-state index contributed by atoms with van der Waals surface area (Å²) in [5, 5.41) is 0.883. The van der Waals surface area contributed by atoms with Crippen LogP contribution in [0.4, 0.5) is 0 Å². The quantitative estimate of drug-likeness (QED) is 0.881. The molecule has 3 nitrogen and oxygen atoms in total. The van der Waals surface area contributed by atoms with E-state index in [2.05, 4.69) is 41.2 Å². The second kappa shape index (κ2) is 5.09. The third-order valence-electron chi connectivity index (χ3n) is 2.16. The minimum Gasteiger partial charge on any atom is -0.325 e. The van der Waals surface area contributed by atoms with Crippen LogP contribution in [0.2, 0.25) is 0 Å². The van der Waals surface area contributed by atoms with Crippen LogP contribution in [-0.2, 0) is 6.54 Å². The number of nitrogens with two attached hydrogens (primary N) is 1. The molecule has 0 aliphatic carbocycles. The monoisotopic (exact) mass is 231 g/mol. The summed E-state index contributed by atoms with van der Waals surface area (Å²) in [6.07, 6.45) is 3.36. The van der Waals surface area contributed by atoms with Crippen molar-refractivity contribution in [2.24, 2.45) is 5.73 Å². The summed E-state index contributed by atoms with van der Waals surface area (Å²) in [7, 11) is 0. The van der Waals surface area contributed by atoms with Gasteiger partial charge in [0.05, 0.1) is 5.69 Å². The van der Waals surface area contributed by atoms with Gasteiger partial charge < -0.3 is 5.73 Å². The minimum atomic E-state index is 0.419. The van der Waals surface area contributed by atoms with Gasteiger partial charge in [-0.1, -0.05) is 29.5 Å². The van der Waals surface area contributed by atoms with Crippen molar-refractivity contribution in [2.45, 2.75) is 23.4 Å². The predicted octanol–water partition coefficient (Wildman–Crippen LogP) is 2.39. The molecule has 1 aromatic carbocycles. The van der Waals surface area contributed by atoms with Gasteiger partial charge in [0.25, 0.3) is 0 Å². The largest absolute Gasteiger partial charge is 0.325 e. The van der Waals surface area contributed by atoms with Gasteiger partial charge in [-0.2, -0.15) is 0 Å². The smallest absolute Gasteiger partial charge is 0.124 e. The van der Waals surface area contributed by atoms with Crippen LogP contribution in [0.15, 0.2) is 46.6 Å². The zero-order valence-corrected chi connectivity index (χ0v) is 9.87. The van der Waals surface area contributed by atoms with Gasteiger partial charge in [0.15, 0.2) is 0 Å². The van der Waals surface area contributed by atoms with Gasteiger partial charge in [0.2, 0.25) is 0 Å². The van der Waals surface area contributed by atoms with Gasteiger partial charge in [-0.15, -0.1) is 0 Å². The SMILES string of the molecule is Cc1ccc(Sc2nccnc2CN)cc1. The molecule has 1 heterocycles. The number of nitrogens with zero attached hydrogens (tertiary/aromatic N) is 2. The maximum Gasteiger partial charge on any atom is 0.124 e. The molecule has 2 N–H and O–H groups in total. The van der Waals surface area contributed by atoms with Crippen LogP contribution in [0.25, 0.3) is 0 Å². The van der Waals surface area contributed by atoms with Gasteiger partial charge in [-0.3, -0.25) is 4.98 Å². The first-order chi connectivity index (χ1) is 7.79. The molecule has 0 aliphatic heterocycles. The van der Waals surface area contributed by atoms with E-state index in [1.54, 1.807) is 24.2 Å². The lowest BCUT2D eigenvalue weighted by Crippen LogP contribution is -2.02. The minimum absolute atomic E-state index is 0.419. The molecule has 4 heteroatoms. The zero-order chi connectivity index (χ0) is 11.4. The van der Waals surface area contributed by atoms with E-state index >= 15 is 0 Å². The molecule has 0 radical (unpaired) electrons. The Morgan fingerprint density at radius 3 is 2.50 bits per heavy atom. The number of hydrogen-bond acceptors (Lipinski definition) is 4. The van der Waals surface area contributed by atoms with Gasteiger partial charge >= 0.3 is 0 Å². The molecule has 2 aromatic rings. The van der Waals surface area contributed by atoms with Crippen LogP contribution in [0.3, 0.4) is 0 Å². The molecule has 2 rings (SSSR count). The fraction of sp³-hybridized carbons (Fsp3) is 0.167. The maximum absolute atomic E-state index is 5.61. The lowest BCUT2D eigenvalue weighted by atomic mass is 10.2. The number of aromatic nitrogens is 2. The fourth-order valence-corrected chi connectivity index (χ4v) is 2.16. The van der Waals surface area contributed by atoms with E-state index in [-0.39, 0.29) is 0 Å². The van der Waals surface area contributed by atoms with Crippen LogP contribution in [-0.4, -0.2) is 9.97 Å². The van der Waals surface area contributed by atoms with Crippen molar-refractivity contribution in [1.82, 2.24) is 9.97 Å². The highest BCUT2D eigenvalue weighted by Gasteiger charge is 2.04. The summed E-state index contributed by atoms with van der Waals surface area (Å²) >= 11 is 1.59. The van der Waals surface area contributed by atoms with Crippen molar-refractivity contribution in [3.8, 4) is 0 Å². The normalized spacial score (nSPS) is 10.4. The molecule has 82 valence electrons. The standard InChI is InChI=1S/C12H13N3S/c1-9-2-4-10(5-3-9)16-12-11(8-13)14-6-7-15-12/h2-7H,8,13H2,1H3. The summed E-state index contributed by atoms with van der Waals surface area (Å²) < 4.78 is 0. The van der Waals surface area contributed by atoms with Crippen molar-refractivity contribution in [3.05, 3.63) is 47.9 Å². The predicted molar refractivity (Wildman–Crippen MR) is 65.2 cm³/mol. The molecule has 1 aromatic heterocycles. The molecule has 0 saturated carbocycles. The topological polar surface area (TPSA) is 51.8 Å². The lowest BCUT2D eigenvalue weighted by molar-refractivity contribution is 0.886. The van der Waals surface area contributed by atoms with Crippen molar-refractivity contribution < 1.29 is 0 Å². The number of aryl methyl sites for hydroxylation is 1. The Bertz CT molecular complexity index is 468. The molecule has 0 bridgehead atoms. The first-order valence-electron chi connectivity index (χ1n) is 5.04. The highest BCUT2D eigenvalue weighted by Crippen LogP contribution is 2.27. The Balaban J connectivity index is 2.23. The average Bonchev–Trinajstić information content (AvgIpc) is 2.33. The molecule has 0 fully saturated rings.